The molecule has 1 aromatic rings. The molecule has 0 aromatic heterocycles. The highest BCUT2D eigenvalue weighted by Crippen LogP contribution is 2.35. The summed E-state index contributed by atoms with van der Waals surface area (Å²) in [6.07, 6.45) is -5.21. The highest BCUT2D eigenvalue weighted by Gasteiger charge is 2.36. The molecule has 0 atom stereocenters. The van der Waals surface area contributed by atoms with E-state index in [1.54, 1.807) is 0 Å². The number of hydrogen-bond donors (Lipinski definition) is 1. The number of hydrogen-bond acceptors (Lipinski definition) is 1. The van der Waals surface area contributed by atoms with E-state index in [0.717, 1.165) is 0 Å². The van der Waals surface area contributed by atoms with Crippen LogP contribution in [0.2, 0.25) is 0 Å². The van der Waals surface area contributed by atoms with E-state index in [9.17, 15) is 26.7 Å². The first-order valence-electron chi connectivity index (χ1n) is 4.19. The molecule has 0 heterocycles. The highest BCUT2D eigenvalue weighted by molar-refractivity contribution is 5.91. The van der Waals surface area contributed by atoms with Crippen LogP contribution >= 0.6 is 0 Å². The van der Waals surface area contributed by atoms with E-state index in [4.69, 9.17) is 5.11 Å². The number of alkyl halides is 3. The van der Waals surface area contributed by atoms with Gasteiger partial charge in [-0.3, -0.25) is 0 Å². The van der Waals surface area contributed by atoms with Crippen LogP contribution in [0.4, 0.5) is 22.0 Å². The van der Waals surface area contributed by atoms with Crippen LogP contribution < -0.4 is 0 Å². The summed E-state index contributed by atoms with van der Waals surface area (Å²) in [5.41, 5.74) is -2.69. The van der Waals surface area contributed by atoms with Crippen molar-refractivity contribution in [1.29, 1.82) is 0 Å². The van der Waals surface area contributed by atoms with E-state index in [1.165, 1.54) is 0 Å². The molecule has 1 aromatic carbocycles. The topological polar surface area (TPSA) is 37.3 Å². The second kappa shape index (κ2) is 4.52. The van der Waals surface area contributed by atoms with Crippen LogP contribution in [-0.2, 0) is 4.79 Å². The summed E-state index contributed by atoms with van der Waals surface area (Å²) < 4.78 is 63.0. The first-order valence-corrected chi connectivity index (χ1v) is 4.19. The minimum absolute atomic E-state index is 0.170. The summed E-state index contributed by atoms with van der Waals surface area (Å²) in [7, 11) is 0. The van der Waals surface area contributed by atoms with E-state index >= 15 is 0 Å². The lowest BCUT2D eigenvalue weighted by Crippen LogP contribution is -2.13. The van der Waals surface area contributed by atoms with E-state index in [-0.39, 0.29) is 12.1 Å². The Kier molecular flexibility index (Phi) is 3.50. The fraction of sp³-hybridized carbons (Fsp3) is 0.100. The smallest absolute Gasteiger partial charge is 0.417 e. The number of benzene rings is 1. The van der Waals surface area contributed by atoms with Gasteiger partial charge in [0.05, 0.1) is 5.57 Å². The molecule has 0 spiro atoms. The van der Waals surface area contributed by atoms with Gasteiger partial charge in [-0.2, -0.15) is 13.2 Å². The van der Waals surface area contributed by atoms with Crippen molar-refractivity contribution in [3.63, 3.8) is 0 Å². The van der Waals surface area contributed by atoms with Gasteiger partial charge in [0, 0.05) is 17.7 Å². The third kappa shape index (κ3) is 3.27. The Morgan fingerprint density at radius 3 is 2.24 bits per heavy atom. The summed E-state index contributed by atoms with van der Waals surface area (Å²) in [5, 5.41) is 8.28. The lowest BCUT2D eigenvalue weighted by molar-refractivity contribution is -0.131. The Balaban J connectivity index is 3.38. The first kappa shape index (κ1) is 13.1. The molecule has 0 saturated heterocycles. The van der Waals surface area contributed by atoms with Crippen LogP contribution in [0, 0.1) is 11.6 Å². The standard InChI is InChI=1S/C10H5F5O2/c11-5-1-2-6(8(12)3-5)7(4-9(16)17)10(13,14)15/h1-4H,(H,16,17)/b7-4+. The first-order chi connectivity index (χ1) is 7.71. The zero-order valence-electron chi connectivity index (χ0n) is 8.05. The van der Waals surface area contributed by atoms with Gasteiger partial charge in [-0.25, -0.2) is 13.6 Å². The molecule has 0 saturated carbocycles. The number of carboxylic acid groups (broad SMARTS) is 1. The molecule has 0 unspecified atom stereocenters. The molecular weight excluding hydrogens is 247 g/mol. The number of carbonyl (C=O) groups is 1. The van der Waals surface area contributed by atoms with Gasteiger partial charge in [-0.05, 0) is 12.1 Å². The molecule has 0 fully saturated rings. The number of aliphatic carboxylic acids is 1. The highest BCUT2D eigenvalue weighted by atomic mass is 19.4. The maximum Gasteiger partial charge on any atom is 0.417 e. The fourth-order valence-corrected chi connectivity index (χ4v) is 1.14. The van der Waals surface area contributed by atoms with Crippen LogP contribution in [0.5, 0.6) is 0 Å². The summed E-state index contributed by atoms with van der Waals surface area (Å²) in [4.78, 5) is 10.2. The van der Waals surface area contributed by atoms with Gasteiger partial charge in [-0.1, -0.05) is 0 Å². The Morgan fingerprint density at radius 1 is 1.24 bits per heavy atom. The second-order valence-electron chi connectivity index (χ2n) is 3.02. The normalized spacial score (nSPS) is 12.6. The number of halogens is 5. The van der Waals surface area contributed by atoms with Gasteiger partial charge in [0.25, 0.3) is 0 Å². The van der Waals surface area contributed by atoms with Crippen LogP contribution in [0.3, 0.4) is 0 Å². The van der Waals surface area contributed by atoms with Crippen molar-refractivity contribution in [2.75, 3.05) is 0 Å². The molecule has 1 N–H and O–H groups in total. The van der Waals surface area contributed by atoms with Gasteiger partial charge in [0.2, 0.25) is 0 Å². The second-order valence-corrected chi connectivity index (χ2v) is 3.02. The van der Waals surface area contributed by atoms with Gasteiger partial charge >= 0.3 is 12.1 Å². The van der Waals surface area contributed by atoms with Crippen LogP contribution in [0.1, 0.15) is 5.56 Å². The van der Waals surface area contributed by atoms with Crippen LogP contribution in [0.25, 0.3) is 5.57 Å². The lowest BCUT2D eigenvalue weighted by atomic mass is 10.0. The monoisotopic (exact) mass is 252 g/mol. The van der Waals surface area contributed by atoms with Crippen molar-refractivity contribution >= 4 is 11.5 Å². The zero-order chi connectivity index (χ0) is 13.2. The van der Waals surface area contributed by atoms with Crippen LogP contribution in [-0.4, -0.2) is 17.3 Å². The van der Waals surface area contributed by atoms with E-state index < -0.39 is 34.9 Å². The molecular formula is C10H5F5O2. The lowest BCUT2D eigenvalue weighted by Gasteiger charge is -2.11. The molecule has 2 nitrogen and oxygen atoms in total. The molecule has 1 rings (SSSR count). The van der Waals surface area contributed by atoms with Gasteiger partial charge < -0.3 is 5.11 Å². The third-order valence-corrected chi connectivity index (χ3v) is 1.79. The predicted molar refractivity (Wildman–Crippen MR) is 48.0 cm³/mol. The van der Waals surface area contributed by atoms with E-state index in [0.29, 0.717) is 12.1 Å². The molecule has 0 bridgehead atoms. The molecule has 92 valence electrons. The van der Waals surface area contributed by atoms with Gasteiger partial charge in [0.15, 0.2) is 0 Å². The summed E-state index contributed by atoms with van der Waals surface area (Å²) in [5.74, 6) is -4.40. The average molecular weight is 252 g/mol. The Morgan fingerprint density at radius 2 is 1.82 bits per heavy atom. The number of carboxylic acids is 1. The predicted octanol–water partition coefficient (Wildman–Crippen LogP) is 3.00. The molecule has 0 aliphatic rings. The number of allylic oxidation sites excluding steroid dienone is 1. The van der Waals surface area contributed by atoms with Crippen molar-refractivity contribution in [3.8, 4) is 0 Å². The summed E-state index contributed by atoms with van der Waals surface area (Å²) in [6, 6.07) is 1.39. The maximum absolute atomic E-state index is 13.1. The molecule has 0 aliphatic carbocycles. The van der Waals surface area contributed by atoms with Crippen LogP contribution in [0.15, 0.2) is 24.3 Å². The summed E-state index contributed by atoms with van der Waals surface area (Å²) in [6.45, 7) is 0. The summed E-state index contributed by atoms with van der Waals surface area (Å²) >= 11 is 0. The van der Waals surface area contributed by atoms with E-state index in [2.05, 4.69) is 0 Å². The number of rotatable bonds is 2. The Labute approximate surface area is 92.0 Å². The van der Waals surface area contributed by atoms with Gasteiger partial charge in [0.1, 0.15) is 11.6 Å². The fourth-order valence-electron chi connectivity index (χ4n) is 1.14. The quantitative estimate of drug-likeness (QED) is 0.649. The largest absolute Gasteiger partial charge is 0.478 e. The Bertz CT molecular complexity index is 476. The van der Waals surface area contributed by atoms with Crippen molar-refractivity contribution in [2.45, 2.75) is 6.18 Å². The SMILES string of the molecule is O=C(O)/C=C(\c1ccc(F)cc1F)C(F)(F)F. The third-order valence-electron chi connectivity index (χ3n) is 1.79. The van der Waals surface area contributed by atoms with Crippen molar-refractivity contribution in [2.24, 2.45) is 0 Å². The van der Waals surface area contributed by atoms with E-state index in [1.807, 2.05) is 0 Å². The molecule has 7 heteroatoms. The maximum atomic E-state index is 13.1. The minimum atomic E-state index is -5.04. The molecule has 17 heavy (non-hydrogen) atoms. The molecule has 0 aliphatic heterocycles. The average Bonchev–Trinajstić information content (AvgIpc) is 2.13. The molecule has 0 amide bonds. The zero-order valence-corrected chi connectivity index (χ0v) is 8.05. The minimum Gasteiger partial charge on any atom is -0.478 e. The van der Waals surface area contributed by atoms with Crippen molar-refractivity contribution in [1.82, 2.24) is 0 Å². The van der Waals surface area contributed by atoms with Crippen molar-refractivity contribution < 1.29 is 31.9 Å². The van der Waals surface area contributed by atoms with Crippen molar-refractivity contribution in [3.05, 3.63) is 41.5 Å². The molecule has 0 radical (unpaired) electrons. The van der Waals surface area contributed by atoms with Gasteiger partial charge in [-0.15, -0.1) is 0 Å². The Hall–Kier alpha value is -1.92.